The molecule has 3 N–H and O–H groups in total. The van der Waals surface area contributed by atoms with Gasteiger partial charge < -0.3 is 34.3 Å². The monoisotopic (exact) mass is 702 g/mol. The molecule has 2 rings (SSSR count). The van der Waals surface area contributed by atoms with Crippen LogP contribution in [0, 0.1) is 11.8 Å². The van der Waals surface area contributed by atoms with Gasteiger partial charge in [-0.25, -0.2) is 9.59 Å². The second kappa shape index (κ2) is 21.0. The van der Waals surface area contributed by atoms with Crippen LogP contribution in [0.2, 0.25) is 0 Å². The van der Waals surface area contributed by atoms with Gasteiger partial charge in [0.1, 0.15) is 11.7 Å². The summed E-state index contributed by atoms with van der Waals surface area (Å²) in [6.07, 6.45) is 17.9. The molecule has 0 aliphatic carbocycles. The lowest BCUT2D eigenvalue weighted by atomic mass is 9.78. The standard InChI is InChI=1S/C39H58O11/c1-7-8-9-10-22-38(50-37(46)20-18-34(41)42)24-25-39(49-33(38)17-13-28(3)26-35(43)44)23-21-30(5)32(48-39)16-12-27(2)11-15-31(40)29(4)14-19-36(45)47-6/h11-15,17,19,26,29-33,40H,7-10,16,18,20-25H2,1-6H3,(H,41,42)(H,43,44)/b15-11+,17-13+,19-14+,27-12+,28-26+/t29-,30-,31-,32?,33-,38?,39-/m0/s1. The summed E-state index contributed by atoms with van der Waals surface area (Å²) in [4.78, 5) is 46.9. The first-order chi connectivity index (χ1) is 23.6. The van der Waals surface area contributed by atoms with Crippen LogP contribution in [0.25, 0.3) is 0 Å². The molecular weight excluding hydrogens is 644 g/mol. The average Bonchev–Trinajstić information content (AvgIpc) is 3.07. The molecule has 0 aromatic carbocycles. The molecule has 2 unspecified atom stereocenters. The van der Waals surface area contributed by atoms with Crippen molar-refractivity contribution >= 4 is 23.9 Å². The Morgan fingerprint density at radius 2 is 1.68 bits per heavy atom. The van der Waals surface area contributed by atoms with Gasteiger partial charge in [-0.2, -0.15) is 0 Å². The van der Waals surface area contributed by atoms with E-state index in [1.807, 2.05) is 13.0 Å². The van der Waals surface area contributed by atoms with Crippen molar-refractivity contribution in [2.45, 2.75) is 141 Å². The number of carboxylic acids is 2. The first kappa shape index (κ1) is 42.6. The SMILES string of the molecule is CCCCCCC1(OC(=O)CCC(=O)O)CC[C@]2(CC[C@H](C)C(C/C=C(C)/C=C/[C@H](O)[C@@H](C)/C=C/C(=O)OC)O2)O[C@H]1/C=C/C(C)=C/C(=O)O. The normalized spacial score (nSPS) is 27.5. The highest BCUT2D eigenvalue weighted by Crippen LogP contribution is 2.48. The summed E-state index contributed by atoms with van der Waals surface area (Å²) in [5, 5.41) is 28.9. The number of methoxy groups -OCH3 is 1. The Kier molecular flexibility index (Phi) is 17.9. The Morgan fingerprint density at radius 1 is 0.940 bits per heavy atom. The first-order valence-electron chi connectivity index (χ1n) is 17.8. The van der Waals surface area contributed by atoms with Crippen LogP contribution in [0.5, 0.6) is 0 Å². The van der Waals surface area contributed by atoms with Crippen molar-refractivity contribution in [1.29, 1.82) is 0 Å². The molecule has 0 amide bonds. The van der Waals surface area contributed by atoms with E-state index >= 15 is 0 Å². The number of aliphatic hydroxyl groups is 1. The number of carboxylic acid groups (broad SMARTS) is 2. The number of carbonyl (C=O) groups is 4. The zero-order chi connectivity index (χ0) is 37.3. The molecule has 2 aliphatic heterocycles. The molecule has 280 valence electrons. The molecule has 2 heterocycles. The van der Waals surface area contributed by atoms with E-state index in [0.717, 1.165) is 43.8 Å². The number of carbonyl (C=O) groups excluding carboxylic acids is 2. The van der Waals surface area contributed by atoms with Crippen LogP contribution in [-0.4, -0.2) is 76.0 Å². The van der Waals surface area contributed by atoms with E-state index < -0.39 is 47.5 Å². The molecule has 0 aromatic heterocycles. The van der Waals surface area contributed by atoms with Gasteiger partial charge in [0, 0.05) is 30.9 Å². The maximum absolute atomic E-state index is 13.0. The van der Waals surface area contributed by atoms with E-state index in [-0.39, 0.29) is 30.8 Å². The van der Waals surface area contributed by atoms with E-state index in [1.54, 1.807) is 38.2 Å². The summed E-state index contributed by atoms with van der Waals surface area (Å²) >= 11 is 0. The summed E-state index contributed by atoms with van der Waals surface area (Å²) in [7, 11) is 1.30. The predicted molar refractivity (Wildman–Crippen MR) is 189 cm³/mol. The second-order valence-corrected chi connectivity index (χ2v) is 13.7. The molecule has 7 atom stereocenters. The van der Waals surface area contributed by atoms with Gasteiger partial charge in [-0.1, -0.05) is 82.1 Å². The topological polar surface area (TPSA) is 166 Å². The van der Waals surface area contributed by atoms with Gasteiger partial charge in [0.05, 0.1) is 32.2 Å². The number of allylic oxidation sites excluding steroid dienone is 4. The van der Waals surface area contributed by atoms with Gasteiger partial charge in [0.2, 0.25) is 0 Å². The molecule has 11 heteroatoms. The Balaban J connectivity index is 2.32. The summed E-state index contributed by atoms with van der Waals surface area (Å²) in [6, 6.07) is 0. The zero-order valence-electron chi connectivity index (χ0n) is 30.6. The van der Waals surface area contributed by atoms with Crippen LogP contribution >= 0.6 is 0 Å². The second-order valence-electron chi connectivity index (χ2n) is 13.7. The molecule has 0 saturated carbocycles. The lowest BCUT2D eigenvalue weighted by Crippen LogP contribution is -2.59. The Hall–Kier alpha value is -3.54. The van der Waals surface area contributed by atoms with Crippen LogP contribution in [0.4, 0.5) is 0 Å². The molecule has 1 spiro atoms. The Labute approximate surface area is 297 Å². The predicted octanol–water partition coefficient (Wildman–Crippen LogP) is 7.00. The van der Waals surface area contributed by atoms with Crippen molar-refractivity contribution in [1.82, 2.24) is 0 Å². The van der Waals surface area contributed by atoms with Crippen molar-refractivity contribution in [3.05, 3.63) is 59.8 Å². The number of rotatable bonds is 19. The molecule has 0 aromatic rings. The highest BCUT2D eigenvalue weighted by atomic mass is 16.7. The molecular formula is C39H58O11. The van der Waals surface area contributed by atoms with Crippen molar-refractivity contribution in [3.8, 4) is 0 Å². The lowest BCUT2D eigenvalue weighted by molar-refractivity contribution is -0.344. The van der Waals surface area contributed by atoms with Crippen molar-refractivity contribution in [2.24, 2.45) is 11.8 Å². The van der Waals surface area contributed by atoms with Crippen molar-refractivity contribution in [3.63, 3.8) is 0 Å². The van der Waals surface area contributed by atoms with E-state index in [1.165, 1.54) is 13.2 Å². The van der Waals surface area contributed by atoms with Crippen LogP contribution in [0.15, 0.2) is 59.8 Å². The Morgan fingerprint density at radius 3 is 2.34 bits per heavy atom. The highest BCUT2D eigenvalue weighted by molar-refractivity contribution is 5.82. The third-order valence-electron chi connectivity index (χ3n) is 9.47. The zero-order valence-corrected chi connectivity index (χ0v) is 30.6. The molecule has 0 bridgehead atoms. The molecule has 2 saturated heterocycles. The molecule has 2 fully saturated rings. The van der Waals surface area contributed by atoms with Crippen LogP contribution in [-0.2, 0) is 38.1 Å². The number of ether oxygens (including phenoxy) is 4. The van der Waals surface area contributed by atoms with Crippen molar-refractivity contribution in [2.75, 3.05) is 7.11 Å². The van der Waals surface area contributed by atoms with Crippen LogP contribution in [0.1, 0.15) is 112 Å². The minimum atomic E-state index is -1.09. The van der Waals surface area contributed by atoms with Gasteiger partial charge in [-0.3, -0.25) is 9.59 Å². The van der Waals surface area contributed by atoms with Gasteiger partial charge >= 0.3 is 23.9 Å². The number of aliphatic hydroxyl groups excluding tert-OH is 1. The van der Waals surface area contributed by atoms with E-state index in [9.17, 15) is 29.4 Å². The lowest BCUT2D eigenvalue weighted by Gasteiger charge is -2.53. The smallest absolute Gasteiger partial charge is 0.330 e. The van der Waals surface area contributed by atoms with E-state index in [0.29, 0.717) is 37.7 Å². The van der Waals surface area contributed by atoms with Gasteiger partial charge in [0.15, 0.2) is 5.79 Å². The number of unbranched alkanes of at least 4 members (excludes halogenated alkanes) is 3. The van der Waals surface area contributed by atoms with Gasteiger partial charge in [-0.05, 0) is 57.4 Å². The third-order valence-corrected chi connectivity index (χ3v) is 9.47. The van der Waals surface area contributed by atoms with E-state index in [2.05, 4.69) is 24.7 Å². The number of hydrogen-bond donors (Lipinski definition) is 3. The first-order valence-corrected chi connectivity index (χ1v) is 17.8. The van der Waals surface area contributed by atoms with Crippen molar-refractivity contribution < 1.29 is 53.4 Å². The molecule has 50 heavy (non-hydrogen) atoms. The third kappa shape index (κ3) is 14.4. The summed E-state index contributed by atoms with van der Waals surface area (Å²) < 4.78 is 24.4. The quantitative estimate of drug-likeness (QED) is 0.0549. The fraction of sp³-hybridized carbons (Fsp3) is 0.641. The molecule has 11 nitrogen and oxygen atoms in total. The van der Waals surface area contributed by atoms with Gasteiger partial charge in [-0.15, -0.1) is 0 Å². The fourth-order valence-corrected chi connectivity index (χ4v) is 6.25. The number of aliphatic carboxylic acids is 2. The average molecular weight is 703 g/mol. The molecule has 2 aliphatic rings. The molecule has 0 radical (unpaired) electrons. The summed E-state index contributed by atoms with van der Waals surface area (Å²) in [6.45, 7) is 9.66. The maximum atomic E-state index is 13.0. The minimum absolute atomic E-state index is 0.174. The number of esters is 2. The highest BCUT2D eigenvalue weighted by Gasteiger charge is 2.54. The maximum Gasteiger partial charge on any atom is 0.330 e. The number of hydrogen-bond acceptors (Lipinski definition) is 9. The largest absolute Gasteiger partial charge is 0.481 e. The van der Waals surface area contributed by atoms with Crippen LogP contribution < -0.4 is 0 Å². The van der Waals surface area contributed by atoms with E-state index in [4.69, 9.17) is 19.3 Å². The summed E-state index contributed by atoms with van der Waals surface area (Å²) in [5.41, 5.74) is 0.359. The van der Waals surface area contributed by atoms with Crippen LogP contribution in [0.3, 0.4) is 0 Å². The van der Waals surface area contributed by atoms with Gasteiger partial charge in [0.25, 0.3) is 0 Å². The summed E-state index contributed by atoms with van der Waals surface area (Å²) in [5.74, 6) is -4.26. The Bertz CT molecular complexity index is 1290. The fourth-order valence-electron chi connectivity index (χ4n) is 6.25. The minimum Gasteiger partial charge on any atom is -0.481 e.